The molecule has 1 aliphatic rings. The van der Waals surface area contributed by atoms with E-state index in [1.54, 1.807) is 13.3 Å². The van der Waals surface area contributed by atoms with E-state index >= 15 is 0 Å². The molecule has 4 nitrogen and oxygen atoms in total. The second kappa shape index (κ2) is 8.76. The number of halogens is 1. The van der Waals surface area contributed by atoms with Crippen LogP contribution in [-0.4, -0.2) is 30.0 Å². The van der Waals surface area contributed by atoms with Gasteiger partial charge in [-0.3, -0.25) is 4.68 Å². The highest BCUT2D eigenvalue weighted by molar-refractivity contribution is 6.31. The fourth-order valence-electron chi connectivity index (χ4n) is 3.37. The zero-order valence-corrected chi connectivity index (χ0v) is 14.0. The molecule has 0 radical (unpaired) electrons. The first-order valence-electron chi connectivity index (χ1n) is 8.19. The Morgan fingerprint density at radius 2 is 2.19 bits per heavy atom. The van der Waals surface area contributed by atoms with Crippen LogP contribution in [0.5, 0.6) is 0 Å². The Hall–Kier alpha value is -0.580. The van der Waals surface area contributed by atoms with Crippen LogP contribution in [0.15, 0.2) is 6.20 Å². The van der Waals surface area contributed by atoms with E-state index < -0.39 is 0 Å². The molecule has 0 saturated heterocycles. The summed E-state index contributed by atoms with van der Waals surface area (Å²) >= 11 is 6.41. The minimum atomic E-state index is 0.296. The summed E-state index contributed by atoms with van der Waals surface area (Å²) < 4.78 is 7.18. The summed E-state index contributed by atoms with van der Waals surface area (Å²) in [5.74, 6) is 0.810. The molecule has 0 aromatic carbocycles. The third-order valence-corrected chi connectivity index (χ3v) is 4.71. The largest absolute Gasteiger partial charge is 0.383 e. The Morgan fingerprint density at radius 3 is 2.86 bits per heavy atom. The van der Waals surface area contributed by atoms with E-state index in [4.69, 9.17) is 16.3 Å². The van der Waals surface area contributed by atoms with Gasteiger partial charge in [0.2, 0.25) is 0 Å². The van der Waals surface area contributed by atoms with Gasteiger partial charge in [-0.1, -0.05) is 50.6 Å². The number of nitrogens with zero attached hydrogens (tertiary/aromatic N) is 2. The zero-order valence-electron chi connectivity index (χ0n) is 13.3. The first-order chi connectivity index (χ1) is 10.3. The van der Waals surface area contributed by atoms with Gasteiger partial charge in [0.15, 0.2) is 0 Å². The maximum absolute atomic E-state index is 6.41. The number of aromatic nitrogens is 2. The van der Waals surface area contributed by atoms with Gasteiger partial charge in [0.1, 0.15) is 0 Å². The van der Waals surface area contributed by atoms with Gasteiger partial charge in [0.05, 0.1) is 36.1 Å². The van der Waals surface area contributed by atoms with Gasteiger partial charge in [-0.25, -0.2) is 0 Å². The van der Waals surface area contributed by atoms with E-state index in [9.17, 15) is 0 Å². The monoisotopic (exact) mass is 313 g/mol. The summed E-state index contributed by atoms with van der Waals surface area (Å²) in [5.41, 5.74) is 1.13. The Kier molecular flexibility index (Phi) is 7.00. The van der Waals surface area contributed by atoms with Gasteiger partial charge in [0.25, 0.3) is 0 Å². The lowest BCUT2D eigenvalue weighted by molar-refractivity contribution is 0.181. The Morgan fingerprint density at radius 1 is 1.43 bits per heavy atom. The number of ether oxygens (including phenoxy) is 1. The molecule has 1 aliphatic carbocycles. The molecule has 1 fully saturated rings. The van der Waals surface area contributed by atoms with Crippen molar-refractivity contribution < 1.29 is 4.74 Å². The van der Waals surface area contributed by atoms with Crippen molar-refractivity contribution in [2.24, 2.45) is 5.92 Å². The van der Waals surface area contributed by atoms with Crippen LogP contribution in [0.4, 0.5) is 0 Å². The highest BCUT2D eigenvalue weighted by atomic mass is 35.5. The Bertz CT molecular complexity index is 416. The molecule has 0 aliphatic heterocycles. The molecule has 1 saturated carbocycles. The summed E-state index contributed by atoms with van der Waals surface area (Å²) in [4.78, 5) is 0. The third kappa shape index (κ3) is 4.70. The normalized spacial score (nSPS) is 18.0. The fraction of sp³-hybridized carbons (Fsp3) is 0.812. The van der Waals surface area contributed by atoms with E-state index in [0.717, 1.165) is 36.1 Å². The Balaban J connectivity index is 2.10. The molecule has 0 amide bonds. The molecule has 1 N–H and O–H groups in total. The van der Waals surface area contributed by atoms with E-state index in [1.807, 2.05) is 4.68 Å². The van der Waals surface area contributed by atoms with Crippen LogP contribution >= 0.6 is 11.6 Å². The molecule has 1 atom stereocenters. The van der Waals surface area contributed by atoms with Crippen LogP contribution in [0.1, 0.15) is 57.2 Å². The average Bonchev–Trinajstić information content (AvgIpc) is 2.86. The number of nitrogens with one attached hydrogen (secondary N) is 1. The lowest BCUT2D eigenvalue weighted by Crippen LogP contribution is -2.27. The molecule has 2 rings (SSSR count). The van der Waals surface area contributed by atoms with Crippen LogP contribution in [0.2, 0.25) is 5.02 Å². The maximum atomic E-state index is 6.41. The van der Waals surface area contributed by atoms with Crippen LogP contribution in [0.25, 0.3) is 0 Å². The summed E-state index contributed by atoms with van der Waals surface area (Å²) in [6.07, 6.45) is 9.77. The SMILES string of the molecule is CCNC(CC1CCCCC1)c1c(Cl)cnn1CCOC. The quantitative estimate of drug-likeness (QED) is 0.793. The number of rotatable bonds is 8. The Labute approximate surface area is 133 Å². The predicted molar refractivity (Wildman–Crippen MR) is 86.7 cm³/mol. The second-order valence-corrected chi connectivity index (χ2v) is 6.35. The van der Waals surface area contributed by atoms with Gasteiger partial charge >= 0.3 is 0 Å². The maximum Gasteiger partial charge on any atom is 0.0834 e. The summed E-state index contributed by atoms with van der Waals surface area (Å²) in [6.45, 7) is 4.51. The minimum Gasteiger partial charge on any atom is -0.383 e. The van der Waals surface area contributed by atoms with Gasteiger partial charge in [-0.2, -0.15) is 5.10 Å². The highest BCUT2D eigenvalue weighted by Crippen LogP contribution is 2.34. The minimum absolute atomic E-state index is 0.296. The molecule has 1 aromatic heterocycles. The number of hydrogen-bond acceptors (Lipinski definition) is 3. The zero-order chi connectivity index (χ0) is 15.1. The van der Waals surface area contributed by atoms with E-state index in [0.29, 0.717) is 12.6 Å². The van der Waals surface area contributed by atoms with Crippen molar-refractivity contribution >= 4 is 11.6 Å². The average molecular weight is 314 g/mol. The first kappa shape index (κ1) is 16.8. The molecule has 1 aromatic rings. The van der Waals surface area contributed by atoms with Crippen LogP contribution in [0, 0.1) is 5.92 Å². The fourth-order valence-corrected chi connectivity index (χ4v) is 3.64. The van der Waals surface area contributed by atoms with Crippen LogP contribution in [0.3, 0.4) is 0 Å². The smallest absolute Gasteiger partial charge is 0.0834 e. The van der Waals surface area contributed by atoms with Crippen molar-refractivity contribution in [3.8, 4) is 0 Å². The predicted octanol–water partition coefficient (Wildman–Crippen LogP) is 3.80. The summed E-state index contributed by atoms with van der Waals surface area (Å²) in [6, 6.07) is 0.296. The van der Waals surface area contributed by atoms with Crippen LogP contribution in [-0.2, 0) is 11.3 Å². The molecule has 21 heavy (non-hydrogen) atoms. The van der Waals surface area contributed by atoms with Crippen LogP contribution < -0.4 is 5.32 Å². The van der Waals surface area contributed by atoms with Crippen molar-refractivity contribution in [3.05, 3.63) is 16.9 Å². The lowest BCUT2D eigenvalue weighted by atomic mass is 9.84. The third-order valence-electron chi connectivity index (χ3n) is 4.41. The number of methoxy groups -OCH3 is 1. The van der Waals surface area contributed by atoms with Gasteiger partial charge in [-0.15, -0.1) is 0 Å². The topological polar surface area (TPSA) is 39.1 Å². The summed E-state index contributed by atoms with van der Waals surface area (Å²) in [7, 11) is 1.72. The first-order valence-corrected chi connectivity index (χ1v) is 8.57. The van der Waals surface area contributed by atoms with E-state index in [2.05, 4.69) is 17.3 Å². The molecule has 120 valence electrons. The molecule has 0 bridgehead atoms. The molecule has 5 heteroatoms. The molecular formula is C16H28ClN3O. The number of hydrogen-bond donors (Lipinski definition) is 1. The van der Waals surface area contributed by atoms with Crippen molar-refractivity contribution in [3.63, 3.8) is 0 Å². The molecule has 1 unspecified atom stereocenters. The highest BCUT2D eigenvalue weighted by Gasteiger charge is 2.24. The standard InChI is InChI=1S/C16H28ClN3O/c1-3-18-15(11-13-7-5-4-6-8-13)16-14(17)12-19-20(16)9-10-21-2/h12-13,15,18H,3-11H2,1-2H3. The summed E-state index contributed by atoms with van der Waals surface area (Å²) in [5, 5.41) is 8.79. The van der Waals surface area contributed by atoms with Crippen molar-refractivity contribution in [1.82, 2.24) is 15.1 Å². The van der Waals surface area contributed by atoms with E-state index in [-0.39, 0.29) is 0 Å². The van der Waals surface area contributed by atoms with Crippen molar-refractivity contribution in [1.29, 1.82) is 0 Å². The van der Waals surface area contributed by atoms with Crippen molar-refractivity contribution in [2.75, 3.05) is 20.3 Å². The molecule has 0 spiro atoms. The lowest BCUT2D eigenvalue weighted by Gasteiger charge is -2.27. The van der Waals surface area contributed by atoms with Gasteiger partial charge < -0.3 is 10.1 Å². The second-order valence-electron chi connectivity index (χ2n) is 5.94. The van der Waals surface area contributed by atoms with Gasteiger partial charge in [0, 0.05) is 7.11 Å². The van der Waals surface area contributed by atoms with Crippen molar-refractivity contribution in [2.45, 2.75) is 58.0 Å². The molecule has 1 heterocycles. The van der Waals surface area contributed by atoms with E-state index in [1.165, 1.54) is 32.1 Å². The van der Waals surface area contributed by atoms with Gasteiger partial charge in [-0.05, 0) is 18.9 Å². The molecular weight excluding hydrogens is 286 g/mol.